The van der Waals surface area contributed by atoms with Crippen molar-refractivity contribution in [2.75, 3.05) is 18.9 Å². The molecule has 1 N–H and O–H groups in total. The zero-order valence-corrected chi connectivity index (χ0v) is 11.5. The van der Waals surface area contributed by atoms with Gasteiger partial charge in [-0.15, -0.1) is 0 Å². The van der Waals surface area contributed by atoms with Crippen molar-refractivity contribution < 1.29 is 0 Å². The van der Waals surface area contributed by atoms with Crippen LogP contribution in [0.2, 0.25) is 0 Å². The lowest BCUT2D eigenvalue weighted by Gasteiger charge is -2.35. The highest BCUT2D eigenvalue weighted by Gasteiger charge is 2.23. The van der Waals surface area contributed by atoms with Crippen LogP contribution in [0.15, 0.2) is 30.6 Å². The van der Waals surface area contributed by atoms with Gasteiger partial charge in [-0.05, 0) is 38.9 Å². The van der Waals surface area contributed by atoms with Gasteiger partial charge >= 0.3 is 0 Å². The van der Waals surface area contributed by atoms with E-state index in [1.165, 1.54) is 6.42 Å². The van der Waals surface area contributed by atoms with Gasteiger partial charge in [0.25, 0.3) is 0 Å². The predicted molar refractivity (Wildman–Crippen MR) is 78.3 cm³/mol. The maximum absolute atomic E-state index is 4.41. The molecule has 2 heterocycles. The Hall–Kier alpha value is -1.68. The maximum Gasteiger partial charge on any atom is 0.137 e. The van der Waals surface area contributed by atoms with Crippen molar-refractivity contribution in [1.82, 2.24) is 14.9 Å². The van der Waals surface area contributed by atoms with E-state index in [-0.39, 0.29) is 0 Å². The average molecular weight is 256 g/mol. The number of anilines is 1. The Kier molecular flexibility index (Phi) is 3.34. The van der Waals surface area contributed by atoms with Crippen LogP contribution in [0, 0.1) is 0 Å². The molecule has 1 aromatic heterocycles. The first-order chi connectivity index (χ1) is 9.24. The van der Waals surface area contributed by atoms with Crippen LogP contribution in [0.1, 0.15) is 19.8 Å². The molecule has 1 aliphatic heterocycles. The van der Waals surface area contributed by atoms with E-state index < -0.39 is 0 Å². The van der Waals surface area contributed by atoms with Gasteiger partial charge < -0.3 is 10.2 Å². The predicted octanol–water partition coefficient (Wildman–Crippen LogP) is 2.52. The van der Waals surface area contributed by atoms with Crippen LogP contribution in [0.3, 0.4) is 0 Å². The number of hydrogen-bond acceptors (Lipinski definition) is 4. The average Bonchev–Trinajstić information content (AvgIpc) is 2.43. The van der Waals surface area contributed by atoms with Gasteiger partial charge in [-0.2, -0.15) is 0 Å². The number of fused-ring (bicyclic) bond motifs is 1. The second-order valence-electron chi connectivity index (χ2n) is 5.43. The topological polar surface area (TPSA) is 41.1 Å². The van der Waals surface area contributed by atoms with E-state index >= 15 is 0 Å². The molecule has 0 radical (unpaired) electrons. The summed E-state index contributed by atoms with van der Waals surface area (Å²) in [7, 11) is 2.20. The molecule has 0 amide bonds. The van der Waals surface area contributed by atoms with Crippen molar-refractivity contribution in [3.8, 4) is 0 Å². The molecule has 1 fully saturated rings. The molecule has 0 bridgehead atoms. The molecule has 100 valence electrons. The van der Waals surface area contributed by atoms with E-state index in [2.05, 4.69) is 40.2 Å². The molecule has 0 saturated carbocycles. The number of likely N-dealkylation sites (tertiary alicyclic amines) is 1. The van der Waals surface area contributed by atoms with Crippen molar-refractivity contribution in [3.63, 3.8) is 0 Å². The fourth-order valence-electron chi connectivity index (χ4n) is 2.73. The molecule has 1 saturated heterocycles. The molecular weight excluding hydrogens is 236 g/mol. The number of benzene rings is 1. The van der Waals surface area contributed by atoms with E-state index in [4.69, 9.17) is 0 Å². The monoisotopic (exact) mass is 256 g/mol. The minimum Gasteiger partial charge on any atom is -0.367 e. The number of para-hydroxylation sites is 1. The molecule has 2 atom stereocenters. The van der Waals surface area contributed by atoms with Crippen LogP contribution in [0.25, 0.3) is 10.9 Å². The standard InChI is InChI=1S/C15H20N4/c1-11-9-12(7-8-19(11)2)18-15-13-5-3-4-6-14(13)16-10-17-15/h3-6,10-12H,7-9H2,1-2H3,(H,16,17,18). The second-order valence-corrected chi connectivity index (χ2v) is 5.43. The fourth-order valence-corrected chi connectivity index (χ4v) is 2.73. The summed E-state index contributed by atoms with van der Waals surface area (Å²) in [6, 6.07) is 9.28. The van der Waals surface area contributed by atoms with Gasteiger partial charge in [0.2, 0.25) is 0 Å². The largest absolute Gasteiger partial charge is 0.367 e. The van der Waals surface area contributed by atoms with Crippen molar-refractivity contribution in [3.05, 3.63) is 30.6 Å². The highest BCUT2D eigenvalue weighted by atomic mass is 15.2. The summed E-state index contributed by atoms with van der Waals surface area (Å²) in [4.78, 5) is 11.1. The lowest BCUT2D eigenvalue weighted by molar-refractivity contribution is 0.190. The summed E-state index contributed by atoms with van der Waals surface area (Å²) in [5.74, 6) is 0.965. The molecule has 3 rings (SSSR count). The number of hydrogen-bond donors (Lipinski definition) is 1. The lowest BCUT2D eigenvalue weighted by atomic mass is 9.99. The lowest BCUT2D eigenvalue weighted by Crippen LogP contribution is -2.42. The van der Waals surface area contributed by atoms with Crippen molar-refractivity contribution >= 4 is 16.7 Å². The molecule has 1 aromatic carbocycles. The van der Waals surface area contributed by atoms with E-state index in [1.807, 2.05) is 18.2 Å². The number of piperidine rings is 1. The quantitative estimate of drug-likeness (QED) is 0.896. The van der Waals surface area contributed by atoms with Crippen LogP contribution in [0.4, 0.5) is 5.82 Å². The smallest absolute Gasteiger partial charge is 0.137 e. The first-order valence-corrected chi connectivity index (χ1v) is 6.90. The van der Waals surface area contributed by atoms with E-state index in [1.54, 1.807) is 6.33 Å². The van der Waals surface area contributed by atoms with Crippen LogP contribution in [0.5, 0.6) is 0 Å². The molecule has 19 heavy (non-hydrogen) atoms. The van der Waals surface area contributed by atoms with Gasteiger partial charge in [-0.25, -0.2) is 9.97 Å². The fraction of sp³-hybridized carbons (Fsp3) is 0.467. The van der Waals surface area contributed by atoms with Crippen molar-refractivity contribution in [2.24, 2.45) is 0 Å². The molecule has 0 aliphatic carbocycles. The van der Waals surface area contributed by atoms with Crippen LogP contribution < -0.4 is 5.32 Å². The molecule has 2 unspecified atom stereocenters. The molecule has 4 nitrogen and oxygen atoms in total. The minimum atomic E-state index is 0.504. The third-order valence-electron chi connectivity index (χ3n) is 4.09. The Morgan fingerprint density at radius 2 is 2.11 bits per heavy atom. The van der Waals surface area contributed by atoms with Gasteiger partial charge in [-0.3, -0.25) is 0 Å². The van der Waals surface area contributed by atoms with Gasteiger partial charge in [0.05, 0.1) is 5.52 Å². The first-order valence-electron chi connectivity index (χ1n) is 6.90. The number of nitrogens with one attached hydrogen (secondary N) is 1. The third kappa shape index (κ3) is 2.54. The molecular formula is C15H20N4. The summed E-state index contributed by atoms with van der Waals surface area (Å²) in [5, 5.41) is 4.70. The van der Waals surface area contributed by atoms with Crippen molar-refractivity contribution in [1.29, 1.82) is 0 Å². The third-order valence-corrected chi connectivity index (χ3v) is 4.09. The minimum absolute atomic E-state index is 0.504. The van der Waals surface area contributed by atoms with Crippen LogP contribution in [-0.4, -0.2) is 40.5 Å². The highest BCUT2D eigenvalue weighted by molar-refractivity contribution is 5.88. The summed E-state index contributed by atoms with van der Waals surface area (Å²) in [5.41, 5.74) is 1.00. The van der Waals surface area contributed by atoms with E-state index in [9.17, 15) is 0 Å². The van der Waals surface area contributed by atoms with E-state index in [0.29, 0.717) is 12.1 Å². The number of nitrogens with zero attached hydrogens (tertiary/aromatic N) is 3. The molecule has 0 spiro atoms. The second kappa shape index (κ2) is 5.13. The zero-order valence-electron chi connectivity index (χ0n) is 11.5. The van der Waals surface area contributed by atoms with Crippen molar-refractivity contribution in [2.45, 2.75) is 31.8 Å². The van der Waals surface area contributed by atoms with Gasteiger partial charge in [-0.1, -0.05) is 12.1 Å². The SMILES string of the molecule is CC1CC(Nc2ncnc3ccccc23)CCN1C. The Bertz CT molecular complexity index is 564. The Morgan fingerprint density at radius 3 is 2.95 bits per heavy atom. The number of rotatable bonds is 2. The van der Waals surface area contributed by atoms with Gasteiger partial charge in [0.1, 0.15) is 12.1 Å². The molecule has 2 aromatic rings. The summed E-state index contributed by atoms with van der Waals surface area (Å²) in [6.45, 7) is 3.42. The maximum atomic E-state index is 4.41. The zero-order chi connectivity index (χ0) is 13.2. The van der Waals surface area contributed by atoms with E-state index in [0.717, 1.165) is 29.7 Å². The Morgan fingerprint density at radius 1 is 1.26 bits per heavy atom. The highest BCUT2D eigenvalue weighted by Crippen LogP contribution is 2.23. The van der Waals surface area contributed by atoms with Crippen LogP contribution in [-0.2, 0) is 0 Å². The summed E-state index contributed by atoms with van der Waals surface area (Å²) >= 11 is 0. The Labute approximate surface area is 113 Å². The first kappa shape index (κ1) is 12.4. The van der Waals surface area contributed by atoms with Gasteiger partial charge in [0, 0.05) is 24.0 Å². The summed E-state index contributed by atoms with van der Waals surface area (Å²) < 4.78 is 0. The van der Waals surface area contributed by atoms with Crippen LogP contribution >= 0.6 is 0 Å². The molecule has 1 aliphatic rings. The normalized spacial score (nSPS) is 24.5. The Balaban J connectivity index is 1.82. The summed E-state index contributed by atoms with van der Waals surface area (Å²) in [6.07, 6.45) is 3.97. The van der Waals surface area contributed by atoms with Gasteiger partial charge in [0.15, 0.2) is 0 Å². The molecule has 4 heteroatoms. The number of aromatic nitrogens is 2.